The van der Waals surface area contributed by atoms with Gasteiger partial charge < -0.3 is 4.74 Å². The highest BCUT2D eigenvalue weighted by atomic mass is 35.5. The molecule has 2 nitrogen and oxygen atoms in total. The first-order chi connectivity index (χ1) is 10.1. The van der Waals surface area contributed by atoms with E-state index in [1.807, 2.05) is 24.3 Å². The van der Waals surface area contributed by atoms with Crippen molar-refractivity contribution in [3.63, 3.8) is 0 Å². The summed E-state index contributed by atoms with van der Waals surface area (Å²) in [6, 6.07) is 12.0. The van der Waals surface area contributed by atoms with E-state index in [9.17, 15) is 9.18 Å². The van der Waals surface area contributed by atoms with Gasteiger partial charge in [-0.1, -0.05) is 35.9 Å². The Balaban J connectivity index is 1.83. The monoisotopic (exact) mass is 304 g/mol. The topological polar surface area (TPSA) is 26.3 Å². The van der Waals surface area contributed by atoms with Gasteiger partial charge in [0, 0.05) is 11.4 Å². The molecule has 1 unspecified atom stereocenters. The number of fused-ring (bicyclic) bond motifs is 1. The van der Waals surface area contributed by atoms with Crippen molar-refractivity contribution in [2.24, 2.45) is 0 Å². The molecule has 2 aromatic rings. The van der Waals surface area contributed by atoms with Gasteiger partial charge in [0.05, 0.1) is 18.3 Å². The molecule has 108 valence electrons. The van der Waals surface area contributed by atoms with Gasteiger partial charge in [-0.2, -0.15) is 0 Å². The van der Waals surface area contributed by atoms with Gasteiger partial charge in [-0.3, -0.25) is 4.79 Å². The van der Waals surface area contributed by atoms with E-state index >= 15 is 0 Å². The van der Waals surface area contributed by atoms with Crippen LogP contribution >= 0.6 is 11.6 Å². The Kier molecular flexibility index (Phi) is 4.04. The molecule has 1 aliphatic rings. The molecule has 0 radical (unpaired) electrons. The van der Waals surface area contributed by atoms with E-state index in [2.05, 4.69) is 0 Å². The van der Waals surface area contributed by atoms with Crippen molar-refractivity contribution in [2.75, 3.05) is 6.61 Å². The highest BCUT2D eigenvalue weighted by Crippen LogP contribution is 2.31. The van der Waals surface area contributed by atoms with Crippen LogP contribution in [0, 0.1) is 5.82 Å². The molecule has 1 atom stereocenters. The summed E-state index contributed by atoms with van der Waals surface area (Å²) in [4.78, 5) is 12.3. The third-order valence-corrected chi connectivity index (χ3v) is 3.93. The largest absolute Gasteiger partial charge is 0.373 e. The number of carbonyl (C=O) groups excluding carboxylic acids is 1. The Hall–Kier alpha value is -1.71. The summed E-state index contributed by atoms with van der Waals surface area (Å²) in [5.74, 6) is -0.859. The number of ether oxygens (including phenoxy) is 1. The van der Waals surface area contributed by atoms with Crippen LogP contribution in [0.4, 0.5) is 4.39 Å². The van der Waals surface area contributed by atoms with Crippen LogP contribution in [0.3, 0.4) is 0 Å². The SMILES string of the molecule is O=C(CC1OCCc2ccccc21)c1ccc(Cl)cc1F. The molecule has 0 amide bonds. The Morgan fingerprint density at radius 1 is 1.29 bits per heavy atom. The fraction of sp³-hybridized carbons (Fsp3) is 0.235. The van der Waals surface area contributed by atoms with Crippen LogP contribution in [0.5, 0.6) is 0 Å². The van der Waals surface area contributed by atoms with E-state index < -0.39 is 5.82 Å². The fourth-order valence-corrected chi connectivity index (χ4v) is 2.80. The number of hydrogen-bond donors (Lipinski definition) is 0. The molecule has 21 heavy (non-hydrogen) atoms. The lowest BCUT2D eigenvalue weighted by atomic mass is 9.93. The van der Waals surface area contributed by atoms with Crippen LogP contribution in [0.1, 0.15) is 34.0 Å². The molecule has 1 aliphatic heterocycles. The second kappa shape index (κ2) is 5.96. The lowest BCUT2D eigenvalue weighted by Crippen LogP contribution is -2.19. The summed E-state index contributed by atoms with van der Waals surface area (Å²) >= 11 is 5.70. The third-order valence-electron chi connectivity index (χ3n) is 3.69. The van der Waals surface area contributed by atoms with Crippen LogP contribution in [0.15, 0.2) is 42.5 Å². The Morgan fingerprint density at radius 3 is 2.90 bits per heavy atom. The Morgan fingerprint density at radius 2 is 2.10 bits per heavy atom. The van der Waals surface area contributed by atoms with Crippen molar-refractivity contribution < 1.29 is 13.9 Å². The summed E-state index contributed by atoms with van der Waals surface area (Å²) < 4.78 is 19.5. The molecule has 0 aliphatic carbocycles. The molecule has 0 N–H and O–H groups in total. The molecule has 2 aromatic carbocycles. The molecule has 0 aromatic heterocycles. The standard InChI is InChI=1S/C17H14ClFO2/c18-12-5-6-14(15(19)9-12)16(20)10-17-13-4-2-1-3-11(13)7-8-21-17/h1-6,9,17H,7-8,10H2. The van der Waals surface area contributed by atoms with Crippen LogP contribution in [-0.4, -0.2) is 12.4 Å². The number of hydrogen-bond acceptors (Lipinski definition) is 2. The molecule has 1 heterocycles. The molecule has 0 fully saturated rings. The summed E-state index contributed by atoms with van der Waals surface area (Å²) in [6.45, 7) is 0.581. The van der Waals surface area contributed by atoms with Crippen LogP contribution in [0.25, 0.3) is 0 Å². The van der Waals surface area contributed by atoms with Gasteiger partial charge in [0.15, 0.2) is 5.78 Å². The molecular formula is C17H14ClFO2. The molecule has 0 saturated heterocycles. The van der Waals surface area contributed by atoms with Gasteiger partial charge in [0.2, 0.25) is 0 Å². The minimum Gasteiger partial charge on any atom is -0.373 e. The first-order valence-electron chi connectivity index (χ1n) is 6.83. The number of rotatable bonds is 3. The summed E-state index contributed by atoms with van der Waals surface area (Å²) in [6.07, 6.45) is 0.670. The second-order valence-corrected chi connectivity index (χ2v) is 5.50. The highest BCUT2D eigenvalue weighted by molar-refractivity contribution is 6.30. The molecule has 0 bridgehead atoms. The zero-order chi connectivity index (χ0) is 14.8. The van der Waals surface area contributed by atoms with E-state index in [4.69, 9.17) is 16.3 Å². The zero-order valence-corrected chi connectivity index (χ0v) is 12.1. The lowest BCUT2D eigenvalue weighted by Gasteiger charge is -2.25. The molecule has 0 spiro atoms. The third kappa shape index (κ3) is 2.99. The minimum absolute atomic E-state index is 0.0612. The molecular weight excluding hydrogens is 291 g/mol. The van der Waals surface area contributed by atoms with Crippen molar-refractivity contribution in [3.05, 3.63) is 70.0 Å². The Labute approximate surface area is 127 Å². The van der Waals surface area contributed by atoms with Gasteiger partial charge in [0.1, 0.15) is 5.82 Å². The van der Waals surface area contributed by atoms with E-state index in [1.54, 1.807) is 0 Å². The number of Topliss-reactive ketones (excluding diaryl/α,β-unsaturated/α-hetero) is 1. The number of ketones is 1. The van der Waals surface area contributed by atoms with Gasteiger partial charge >= 0.3 is 0 Å². The van der Waals surface area contributed by atoms with Gasteiger partial charge in [-0.05, 0) is 35.7 Å². The fourth-order valence-electron chi connectivity index (χ4n) is 2.64. The van der Waals surface area contributed by atoms with E-state index in [1.165, 1.54) is 17.7 Å². The summed E-state index contributed by atoms with van der Waals surface area (Å²) in [5.41, 5.74) is 2.27. The maximum Gasteiger partial charge on any atom is 0.168 e. The van der Waals surface area contributed by atoms with E-state index in [0.717, 1.165) is 18.1 Å². The van der Waals surface area contributed by atoms with Crippen molar-refractivity contribution >= 4 is 17.4 Å². The van der Waals surface area contributed by atoms with Crippen LogP contribution < -0.4 is 0 Å². The summed E-state index contributed by atoms with van der Waals surface area (Å²) in [7, 11) is 0. The number of benzene rings is 2. The predicted molar refractivity (Wildman–Crippen MR) is 79.2 cm³/mol. The maximum atomic E-state index is 13.8. The average Bonchev–Trinajstić information content (AvgIpc) is 2.47. The Bertz CT molecular complexity index is 684. The first-order valence-corrected chi connectivity index (χ1v) is 7.20. The normalized spacial score (nSPS) is 17.3. The van der Waals surface area contributed by atoms with Crippen molar-refractivity contribution in [2.45, 2.75) is 18.9 Å². The van der Waals surface area contributed by atoms with Gasteiger partial charge in [-0.25, -0.2) is 4.39 Å². The van der Waals surface area contributed by atoms with Gasteiger partial charge in [0.25, 0.3) is 0 Å². The highest BCUT2D eigenvalue weighted by Gasteiger charge is 2.24. The van der Waals surface area contributed by atoms with Crippen LogP contribution in [0.2, 0.25) is 5.02 Å². The van der Waals surface area contributed by atoms with Gasteiger partial charge in [-0.15, -0.1) is 0 Å². The number of carbonyl (C=O) groups is 1. The first kappa shape index (κ1) is 14.2. The lowest BCUT2D eigenvalue weighted by molar-refractivity contribution is 0.0351. The zero-order valence-electron chi connectivity index (χ0n) is 11.3. The average molecular weight is 305 g/mol. The van der Waals surface area contributed by atoms with E-state index in [-0.39, 0.29) is 28.9 Å². The molecule has 4 heteroatoms. The smallest absolute Gasteiger partial charge is 0.168 e. The quantitative estimate of drug-likeness (QED) is 0.787. The van der Waals surface area contributed by atoms with Crippen molar-refractivity contribution in [1.29, 1.82) is 0 Å². The minimum atomic E-state index is -0.586. The van der Waals surface area contributed by atoms with Crippen molar-refractivity contribution in [3.8, 4) is 0 Å². The van der Waals surface area contributed by atoms with Crippen LogP contribution in [-0.2, 0) is 11.2 Å². The predicted octanol–water partition coefficient (Wildman–Crippen LogP) is 4.37. The molecule has 3 rings (SSSR count). The second-order valence-electron chi connectivity index (χ2n) is 5.06. The summed E-state index contributed by atoms with van der Waals surface area (Å²) in [5, 5.41) is 0.281. The van der Waals surface area contributed by atoms with E-state index in [0.29, 0.717) is 6.61 Å². The van der Waals surface area contributed by atoms with Crippen molar-refractivity contribution in [1.82, 2.24) is 0 Å². The molecule has 0 saturated carbocycles. The number of halogens is 2. The maximum absolute atomic E-state index is 13.8.